The number of benzene rings is 1. The van der Waals surface area contributed by atoms with Gasteiger partial charge in [0.05, 0.1) is 5.52 Å². The zero-order chi connectivity index (χ0) is 14.3. The summed E-state index contributed by atoms with van der Waals surface area (Å²) in [5.41, 5.74) is 9.81. The molecule has 0 fully saturated rings. The minimum atomic E-state index is 0.716. The van der Waals surface area contributed by atoms with Crippen molar-refractivity contribution in [1.82, 2.24) is 9.38 Å². The van der Waals surface area contributed by atoms with Crippen LogP contribution in [0.5, 0.6) is 0 Å². The van der Waals surface area contributed by atoms with Crippen LogP contribution in [0.15, 0.2) is 47.2 Å². The summed E-state index contributed by atoms with van der Waals surface area (Å²) < 4.78 is 2.83. The van der Waals surface area contributed by atoms with Crippen LogP contribution >= 0.6 is 15.9 Å². The monoisotopic (exact) mass is 330 g/mol. The molecular formula is C15H15BrN4. The van der Waals surface area contributed by atoms with E-state index in [0.29, 0.717) is 5.69 Å². The molecule has 4 nitrogen and oxygen atoms in total. The van der Waals surface area contributed by atoms with Crippen LogP contribution in [-0.2, 0) is 0 Å². The van der Waals surface area contributed by atoms with Gasteiger partial charge in [0.1, 0.15) is 10.4 Å². The van der Waals surface area contributed by atoms with Crippen LogP contribution in [0.1, 0.15) is 0 Å². The number of nitrogens with two attached hydrogens (primary N) is 1. The summed E-state index contributed by atoms with van der Waals surface area (Å²) in [5, 5.41) is 0. The van der Waals surface area contributed by atoms with E-state index in [-0.39, 0.29) is 0 Å². The van der Waals surface area contributed by atoms with Crippen molar-refractivity contribution in [3.05, 3.63) is 47.2 Å². The van der Waals surface area contributed by atoms with E-state index in [9.17, 15) is 0 Å². The van der Waals surface area contributed by atoms with Gasteiger partial charge in [0.2, 0.25) is 0 Å². The van der Waals surface area contributed by atoms with E-state index in [1.54, 1.807) is 0 Å². The lowest BCUT2D eigenvalue weighted by Gasteiger charge is -2.12. The molecule has 0 spiro atoms. The molecule has 0 unspecified atom stereocenters. The number of hydrogen-bond donors (Lipinski definition) is 1. The molecule has 0 aliphatic carbocycles. The summed E-state index contributed by atoms with van der Waals surface area (Å²) in [6.45, 7) is 0. The highest BCUT2D eigenvalue weighted by molar-refractivity contribution is 9.10. The predicted octanol–water partition coefficient (Wildman–Crippen LogP) is 3.41. The SMILES string of the molecule is CN(C)c1ccc(-c2nc(Br)c3ccc(N)cn23)cc1. The highest BCUT2D eigenvalue weighted by atomic mass is 79.9. The van der Waals surface area contributed by atoms with Gasteiger partial charge in [-0.3, -0.25) is 4.40 Å². The lowest BCUT2D eigenvalue weighted by Crippen LogP contribution is -2.08. The number of nitrogen functional groups attached to an aromatic ring is 1. The van der Waals surface area contributed by atoms with Gasteiger partial charge in [-0.2, -0.15) is 0 Å². The van der Waals surface area contributed by atoms with Crippen molar-refractivity contribution >= 4 is 32.8 Å². The first-order valence-corrected chi connectivity index (χ1v) is 7.06. The minimum absolute atomic E-state index is 0.716. The first-order valence-electron chi connectivity index (χ1n) is 6.27. The Hall–Kier alpha value is -2.01. The summed E-state index contributed by atoms with van der Waals surface area (Å²) in [7, 11) is 4.05. The van der Waals surface area contributed by atoms with Gasteiger partial charge in [0, 0.05) is 37.2 Å². The molecule has 0 bridgehead atoms. The smallest absolute Gasteiger partial charge is 0.145 e. The van der Waals surface area contributed by atoms with Crippen molar-refractivity contribution in [2.75, 3.05) is 24.7 Å². The number of anilines is 2. The van der Waals surface area contributed by atoms with Crippen molar-refractivity contribution in [2.24, 2.45) is 0 Å². The number of aromatic nitrogens is 2. The Bertz CT molecular complexity index is 759. The van der Waals surface area contributed by atoms with Crippen LogP contribution in [0.4, 0.5) is 11.4 Å². The Morgan fingerprint density at radius 2 is 1.80 bits per heavy atom. The fourth-order valence-electron chi connectivity index (χ4n) is 2.18. The van der Waals surface area contributed by atoms with Gasteiger partial charge in [0.25, 0.3) is 0 Å². The van der Waals surface area contributed by atoms with E-state index in [4.69, 9.17) is 5.73 Å². The molecular weight excluding hydrogens is 316 g/mol. The summed E-state index contributed by atoms with van der Waals surface area (Å²) in [4.78, 5) is 6.66. The number of halogens is 1. The minimum Gasteiger partial charge on any atom is -0.398 e. The lowest BCUT2D eigenvalue weighted by molar-refractivity contribution is 1.13. The zero-order valence-electron chi connectivity index (χ0n) is 11.3. The molecule has 5 heteroatoms. The van der Waals surface area contributed by atoms with E-state index in [1.165, 1.54) is 0 Å². The Morgan fingerprint density at radius 3 is 2.45 bits per heavy atom. The molecule has 0 aliphatic heterocycles. The highest BCUT2D eigenvalue weighted by Gasteiger charge is 2.11. The lowest BCUT2D eigenvalue weighted by atomic mass is 10.2. The maximum atomic E-state index is 5.87. The van der Waals surface area contributed by atoms with Crippen molar-refractivity contribution < 1.29 is 0 Å². The molecule has 2 aromatic heterocycles. The second kappa shape index (κ2) is 4.83. The number of rotatable bonds is 2. The third-order valence-corrected chi connectivity index (χ3v) is 3.84. The third kappa shape index (κ3) is 2.14. The van der Waals surface area contributed by atoms with Crippen LogP contribution in [-0.4, -0.2) is 23.5 Å². The number of hydrogen-bond acceptors (Lipinski definition) is 3. The van der Waals surface area contributed by atoms with Crippen molar-refractivity contribution in [3.8, 4) is 11.4 Å². The van der Waals surface area contributed by atoms with Crippen LogP contribution in [0.25, 0.3) is 16.9 Å². The molecule has 102 valence electrons. The Morgan fingerprint density at radius 1 is 1.10 bits per heavy atom. The van der Waals surface area contributed by atoms with Crippen LogP contribution in [0, 0.1) is 0 Å². The number of imidazole rings is 1. The second-order valence-corrected chi connectivity index (χ2v) is 5.64. The molecule has 20 heavy (non-hydrogen) atoms. The average molecular weight is 331 g/mol. The van der Waals surface area contributed by atoms with E-state index >= 15 is 0 Å². The van der Waals surface area contributed by atoms with Gasteiger partial charge >= 0.3 is 0 Å². The van der Waals surface area contributed by atoms with Crippen LogP contribution in [0.3, 0.4) is 0 Å². The van der Waals surface area contributed by atoms with E-state index in [0.717, 1.165) is 27.2 Å². The van der Waals surface area contributed by atoms with E-state index in [2.05, 4.69) is 50.1 Å². The van der Waals surface area contributed by atoms with Crippen molar-refractivity contribution in [1.29, 1.82) is 0 Å². The summed E-state index contributed by atoms with van der Waals surface area (Å²) in [6.07, 6.45) is 1.89. The first kappa shape index (κ1) is 13.0. The average Bonchev–Trinajstić information content (AvgIpc) is 2.75. The van der Waals surface area contributed by atoms with Crippen molar-refractivity contribution in [2.45, 2.75) is 0 Å². The first-order chi connectivity index (χ1) is 9.56. The van der Waals surface area contributed by atoms with Gasteiger partial charge in [-0.15, -0.1) is 0 Å². The summed E-state index contributed by atoms with van der Waals surface area (Å²) in [5.74, 6) is 0.879. The molecule has 0 radical (unpaired) electrons. The van der Waals surface area contributed by atoms with Crippen molar-refractivity contribution in [3.63, 3.8) is 0 Å². The van der Waals surface area contributed by atoms with Crippen LogP contribution < -0.4 is 10.6 Å². The summed E-state index contributed by atoms with van der Waals surface area (Å²) in [6, 6.07) is 12.1. The highest BCUT2D eigenvalue weighted by Crippen LogP contribution is 2.28. The second-order valence-electron chi connectivity index (χ2n) is 4.89. The molecule has 3 aromatic rings. The number of fused-ring (bicyclic) bond motifs is 1. The molecule has 0 atom stereocenters. The Kier molecular flexibility index (Phi) is 3.14. The molecule has 0 saturated carbocycles. The van der Waals surface area contributed by atoms with E-state index < -0.39 is 0 Å². The van der Waals surface area contributed by atoms with Gasteiger partial charge < -0.3 is 10.6 Å². The maximum Gasteiger partial charge on any atom is 0.145 e. The zero-order valence-corrected chi connectivity index (χ0v) is 12.9. The van der Waals surface area contributed by atoms with Gasteiger partial charge in [-0.1, -0.05) is 0 Å². The van der Waals surface area contributed by atoms with Gasteiger partial charge in [-0.25, -0.2) is 4.98 Å². The van der Waals surface area contributed by atoms with E-state index in [1.807, 2.05) is 36.8 Å². The quantitative estimate of drug-likeness (QED) is 0.783. The normalized spacial score (nSPS) is 10.9. The summed E-state index contributed by atoms with van der Waals surface area (Å²) >= 11 is 3.50. The predicted molar refractivity (Wildman–Crippen MR) is 87.1 cm³/mol. The standard InChI is InChI=1S/C15H15BrN4/c1-19(2)12-6-3-10(4-7-12)15-18-14(16)13-8-5-11(17)9-20(13)15/h3-9H,17H2,1-2H3. The molecule has 0 amide bonds. The largest absolute Gasteiger partial charge is 0.398 e. The molecule has 2 N–H and O–H groups in total. The number of pyridine rings is 1. The Balaban J connectivity index is 2.16. The fourth-order valence-corrected chi connectivity index (χ4v) is 2.67. The Labute approximate surface area is 126 Å². The molecule has 1 aromatic carbocycles. The molecule has 2 heterocycles. The number of nitrogens with zero attached hydrogens (tertiary/aromatic N) is 3. The maximum absolute atomic E-state index is 5.87. The molecule has 0 aliphatic rings. The van der Waals surface area contributed by atoms with Gasteiger partial charge in [0.15, 0.2) is 0 Å². The topological polar surface area (TPSA) is 46.6 Å². The van der Waals surface area contributed by atoms with Crippen LogP contribution in [0.2, 0.25) is 0 Å². The van der Waals surface area contributed by atoms with Gasteiger partial charge in [-0.05, 0) is 52.3 Å². The molecule has 3 rings (SSSR count). The third-order valence-electron chi connectivity index (χ3n) is 3.26. The fraction of sp³-hybridized carbons (Fsp3) is 0.133. The molecule has 0 saturated heterocycles.